The van der Waals surface area contributed by atoms with Gasteiger partial charge in [0.1, 0.15) is 0 Å². The average molecular weight is 317 g/mol. The van der Waals surface area contributed by atoms with E-state index in [1.165, 1.54) is 0 Å². The van der Waals surface area contributed by atoms with Crippen LogP contribution in [0.15, 0.2) is 66.9 Å². The number of rotatable bonds is 4. The van der Waals surface area contributed by atoms with Gasteiger partial charge in [-0.1, -0.05) is 36.4 Å². The van der Waals surface area contributed by atoms with Gasteiger partial charge >= 0.3 is 0 Å². The second-order valence-corrected chi connectivity index (χ2v) is 5.20. The van der Waals surface area contributed by atoms with E-state index in [2.05, 4.69) is 32.5 Å². The van der Waals surface area contributed by atoms with Gasteiger partial charge in [0.15, 0.2) is 5.65 Å². The molecule has 3 heterocycles. The number of ether oxygens (including phenoxy) is 1. The number of fused-ring (bicyclic) bond motifs is 1. The second-order valence-electron chi connectivity index (χ2n) is 5.20. The van der Waals surface area contributed by atoms with Gasteiger partial charge in [-0.05, 0) is 18.2 Å². The maximum Gasteiger partial charge on any atom is 0.247 e. The predicted molar refractivity (Wildman–Crippen MR) is 92.5 cm³/mol. The molecule has 6 nitrogen and oxygen atoms in total. The molecule has 0 atom stereocenters. The van der Waals surface area contributed by atoms with Crippen LogP contribution in [0, 0.1) is 0 Å². The first-order valence-corrected chi connectivity index (χ1v) is 7.52. The van der Waals surface area contributed by atoms with Gasteiger partial charge in [-0.15, -0.1) is 5.10 Å². The van der Waals surface area contributed by atoms with Gasteiger partial charge in [0.2, 0.25) is 11.8 Å². The molecule has 3 aromatic heterocycles. The highest BCUT2D eigenvalue weighted by Gasteiger charge is 2.09. The summed E-state index contributed by atoms with van der Waals surface area (Å²) in [5, 5.41) is 7.72. The van der Waals surface area contributed by atoms with Crippen LogP contribution in [-0.2, 0) is 0 Å². The third kappa shape index (κ3) is 2.65. The molecule has 24 heavy (non-hydrogen) atoms. The molecule has 1 N–H and O–H groups in total. The van der Waals surface area contributed by atoms with Gasteiger partial charge in [0, 0.05) is 11.6 Å². The lowest BCUT2D eigenvalue weighted by atomic mass is 10.1. The number of aromatic nitrogens is 4. The molecule has 0 fully saturated rings. The van der Waals surface area contributed by atoms with Crippen molar-refractivity contribution in [3.8, 4) is 17.1 Å². The first-order chi connectivity index (χ1) is 11.8. The third-order valence-electron chi connectivity index (χ3n) is 3.63. The van der Waals surface area contributed by atoms with Gasteiger partial charge < -0.3 is 10.1 Å². The predicted octanol–water partition coefficient (Wildman–Crippen LogP) is 3.54. The number of nitrogens with one attached hydrogen (secondary N) is 1. The van der Waals surface area contributed by atoms with Crippen LogP contribution in [0.4, 0.5) is 11.6 Å². The summed E-state index contributed by atoms with van der Waals surface area (Å²) in [6, 6.07) is 19.7. The molecule has 0 aliphatic carbocycles. The van der Waals surface area contributed by atoms with Crippen molar-refractivity contribution in [2.45, 2.75) is 0 Å². The number of methoxy groups -OCH3 is 1. The van der Waals surface area contributed by atoms with Crippen LogP contribution in [-0.4, -0.2) is 26.7 Å². The highest BCUT2D eigenvalue weighted by Crippen LogP contribution is 2.21. The first kappa shape index (κ1) is 14.2. The van der Waals surface area contributed by atoms with Gasteiger partial charge in [-0.25, -0.2) is 9.50 Å². The standard InChI is InChI=1S/C18H15N5O/c1-24-17-11-10-14(12-19-17)20-18-21-16-9-5-8-15(23(16)22-18)13-6-3-2-4-7-13/h2-12H,1H3,(H,20,22). The number of hydrogen-bond donors (Lipinski definition) is 1. The smallest absolute Gasteiger partial charge is 0.247 e. The Bertz CT molecular complexity index is 964. The minimum absolute atomic E-state index is 0.519. The zero-order chi connectivity index (χ0) is 16.4. The summed E-state index contributed by atoms with van der Waals surface area (Å²) in [6.45, 7) is 0. The largest absolute Gasteiger partial charge is 0.481 e. The Morgan fingerprint density at radius 2 is 1.83 bits per heavy atom. The summed E-state index contributed by atoms with van der Waals surface area (Å²) in [6.07, 6.45) is 1.68. The quantitative estimate of drug-likeness (QED) is 0.623. The molecular formula is C18H15N5O. The molecular weight excluding hydrogens is 302 g/mol. The lowest BCUT2D eigenvalue weighted by Gasteiger charge is -2.03. The summed E-state index contributed by atoms with van der Waals surface area (Å²) in [4.78, 5) is 8.68. The Balaban J connectivity index is 1.70. The number of benzene rings is 1. The minimum atomic E-state index is 0.519. The first-order valence-electron chi connectivity index (χ1n) is 7.52. The Labute approximate surface area is 138 Å². The van der Waals surface area contributed by atoms with E-state index in [0.29, 0.717) is 11.8 Å². The van der Waals surface area contributed by atoms with Crippen molar-refractivity contribution in [3.05, 3.63) is 66.9 Å². The Hall–Kier alpha value is -3.41. The molecule has 0 bridgehead atoms. The molecule has 0 saturated carbocycles. The molecule has 118 valence electrons. The molecule has 0 amide bonds. The summed E-state index contributed by atoms with van der Waals surface area (Å²) >= 11 is 0. The lowest BCUT2D eigenvalue weighted by Crippen LogP contribution is -1.96. The topological polar surface area (TPSA) is 64.3 Å². The van der Waals surface area contributed by atoms with Crippen molar-refractivity contribution in [3.63, 3.8) is 0 Å². The molecule has 1 aromatic carbocycles. The fourth-order valence-corrected chi connectivity index (χ4v) is 2.49. The van der Waals surface area contributed by atoms with Crippen molar-refractivity contribution in [2.75, 3.05) is 12.4 Å². The van der Waals surface area contributed by atoms with E-state index < -0.39 is 0 Å². The molecule has 4 aromatic rings. The fourth-order valence-electron chi connectivity index (χ4n) is 2.49. The van der Waals surface area contributed by atoms with E-state index in [4.69, 9.17) is 4.74 Å². The van der Waals surface area contributed by atoms with Crippen LogP contribution in [0.2, 0.25) is 0 Å². The number of nitrogens with zero attached hydrogens (tertiary/aromatic N) is 4. The van der Waals surface area contributed by atoms with E-state index in [1.807, 2.05) is 47.0 Å². The molecule has 0 aliphatic rings. The third-order valence-corrected chi connectivity index (χ3v) is 3.63. The number of anilines is 2. The van der Waals surface area contributed by atoms with E-state index in [1.54, 1.807) is 19.4 Å². The number of hydrogen-bond acceptors (Lipinski definition) is 5. The Morgan fingerprint density at radius 3 is 2.58 bits per heavy atom. The van der Waals surface area contributed by atoms with Crippen LogP contribution in [0.5, 0.6) is 5.88 Å². The summed E-state index contributed by atoms with van der Waals surface area (Å²) < 4.78 is 6.89. The van der Waals surface area contributed by atoms with Gasteiger partial charge in [0.05, 0.1) is 24.7 Å². The van der Waals surface area contributed by atoms with Crippen molar-refractivity contribution >= 4 is 17.3 Å². The Morgan fingerprint density at radius 1 is 0.958 bits per heavy atom. The lowest BCUT2D eigenvalue weighted by molar-refractivity contribution is 0.398. The summed E-state index contributed by atoms with van der Waals surface area (Å²) in [5.41, 5.74) is 3.65. The van der Waals surface area contributed by atoms with E-state index >= 15 is 0 Å². The van der Waals surface area contributed by atoms with E-state index in [-0.39, 0.29) is 0 Å². The van der Waals surface area contributed by atoms with Crippen LogP contribution in [0.25, 0.3) is 16.9 Å². The molecule has 0 radical (unpaired) electrons. The fraction of sp³-hybridized carbons (Fsp3) is 0.0556. The van der Waals surface area contributed by atoms with Crippen molar-refractivity contribution < 1.29 is 4.74 Å². The second kappa shape index (κ2) is 6.00. The number of pyridine rings is 2. The molecule has 0 aliphatic heterocycles. The van der Waals surface area contributed by atoms with Crippen LogP contribution in [0.3, 0.4) is 0 Å². The van der Waals surface area contributed by atoms with Crippen molar-refractivity contribution in [1.82, 2.24) is 19.6 Å². The minimum Gasteiger partial charge on any atom is -0.481 e. The van der Waals surface area contributed by atoms with E-state index in [9.17, 15) is 0 Å². The highest BCUT2D eigenvalue weighted by molar-refractivity contribution is 5.64. The monoisotopic (exact) mass is 317 g/mol. The average Bonchev–Trinajstić information content (AvgIpc) is 3.05. The molecule has 6 heteroatoms. The van der Waals surface area contributed by atoms with Gasteiger partial charge in [0.25, 0.3) is 0 Å². The van der Waals surface area contributed by atoms with Gasteiger partial charge in [-0.3, -0.25) is 0 Å². The van der Waals surface area contributed by atoms with Crippen LogP contribution >= 0.6 is 0 Å². The van der Waals surface area contributed by atoms with Crippen LogP contribution in [0.1, 0.15) is 0 Å². The molecule has 4 rings (SSSR count). The normalized spacial score (nSPS) is 10.7. The van der Waals surface area contributed by atoms with Crippen molar-refractivity contribution in [2.24, 2.45) is 0 Å². The van der Waals surface area contributed by atoms with Crippen LogP contribution < -0.4 is 10.1 Å². The molecule has 0 saturated heterocycles. The van der Waals surface area contributed by atoms with Crippen molar-refractivity contribution in [1.29, 1.82) is 0 Å². The zero-order valence-corrected chi connectivity index (χ0v) is 13.0. The highest BCUT2D eigenvalue weighted by atomic mass is 16.5. The maximum absolute atomic E-state index is 5.06. The summed E-state index contributed by atoms with van der Waals surface area (Å²) in [7, 11) is 1.59. The molecule has 0 unspecified atom stereocenters. The SMILES string of the molecule is COc1ccc(Nc2nc3cccc(-c4ccccc4)n3n2)cn1. The zero-order valence-electron chi connectivity index (χ0n) is 13.0. The summed E-state index contributed by atoms with van der Waals surface area (Å²) in [5.74, 6) is 1.08. The van der Waals surface area contributed by atoms with E-state index in [0.717, 1.165) is 22.6 Å². The van der Waals surface area contributed by atoms with Gasteiger partial charge in [-0.2, -0.15) is 4.98 Å². The maximum atomic E-state index is 5.06. The Kier molecular flexibility index (Phi) is 3.55. The molecule has 0 spiro atoms.